The van der Waals surface area contributed by atoms with Crippen LogP contribution in [0, 0.1) is 0 Å². The number of hydrogen-bond acceptors (Lipinski definition) is 7. The van der Waals surface area contributed by atoms with E-state index in [-0.39, 0.29) is 5.75 Å². The fraction of sp³-hybridized carbons (Fsp3) is 0.417. The zero-order chi connectivity index (χ0) is 14.4. The normalized spacial score (nSPS) is 17.3. The first-order chi connectivity index (χ1) is 8.99. The second-order valence-electron chi connectivity index (χ2n) is 4.02. The third-order valence-corrected chi connectivity index (χ3v) is 2.55. The lowest BCUT2D eigenvalue weighted by Gasteiger charge is -2.26. The first-order valence-corrected chi connectivity index (χ1v) is 5.62. The Morgan fingerprint density at radius 3 is 2.21 bits per heavy atom. The van der Waals surface area contributed by atoms with Crippen molar-refractivity contribution in [1.29, 1.82) is 0 Å². The van der Waals surface area contributed by atoms with Gasteiger partial charge in [0.05, 0.1) is 6.61 Å². The molecule has 0 radical (unpaired) electrons. The molecule has 0 aliphatic carbocycles. The molecule has 106 valence electrons. The molecule has 0 aliphatic heterocycles. The number of aliphatic hydroxyl groups is 4. The van der Waals surface area contributed by atoms with Crippen LogP contribution in [0.15, 0.2) is 24.3 Å². The van der Waals surface area contributed by atoms with Gasteiger partial charge in [-0.1, -0.05) is 0 Å². The summed E-state index contributed by atoms with van der Waals surface area (Å²) in [6.45, 7) is -0.744. The molecule has 0 bridgehead atoms. The highest BCUT2D eigenvalue weighted by atomic mass is 16.5. The zero-order valence-corrected chi connectivity index (χ0v) is 10.1. The van der Waals surface area contributed by atoms with Gasteiger partial charge in [0.2, 0.25) is 0 Å². The van der Waals surface area contributed by atoms with Crippen LogP contribution in [-0.2, 0) is 4.79 Å². The predicted octanol–water partition coefficient (Wildman–Crippen LogP) is -1.71. The molecule has 0 aliphatic rings. The second kappa shape index (κ2) is 7.05. The van der Waals surface area contributed by atoms with Gasteiger partial charge in [-0.15, -0.1) is 0 Å². The maximum atomic E-state index is 10.9. The largest absolute Gasteiger partial charge is 0.480 e. The number of carbonyl (C=O) groups is 1. The second-order valence-corrected chi connectivity index (χ2v) is 4.02. The van der Waals surface area contributed by atoms with Crippen molar-refractivity contribution in [2.75, 3.05) is 12.3 Å². The number of rotatable bonds is 7. The van der Waals surface area contributed by atoms with E-state index < -0.39 is 31.0 Å². The van der Waals surface area contributed by atoms with E-state index in [1.807, 2.05) is 0 Å². The number of aliphatic hydroxyl groups excluding tert-OH is 4. The van der Waals surface area contributed by atoms with Gasteiger partial charge in [-0.2, -0.15) is 0 Å². The minimum absolute atomic E-state index is 0.274. The highest BCUT2D eigenvalue weighted by Gasteiger charge is 2.32. The van der Waals surface area contributed by atoms with E-state index in [1.165, 1.54) is 12.1 Å². The summed E-state index contributed by atoms with van der Waals surface area (Å²) in [6, 6.07) is 6.08. The number of benzene rings is 1. The molecule has 1 rings (SSSR count). The van der Waals surface area contributed by atoms with E-state index >= 15 is 0 Å². The van der Waals surface area contributed by atoms with E-state index in [0.29, 0.717) is 12.0 Å². The summed E-state index contributed by atoms with van der Waals surface area (Å²) in [5.74, 6) is 0.274. The summed E-state index contributed by atoms with van der Waals surface area (Å²) < 4.78 is 5.17. The van der Waals surface area contributed by atoms with Gasteiger partial charge in [0.25, 0.3) is 0 Å². The van der Waals surface area contributed by atoms with E-state index in [4.69, 9.17) is 15.6 Å². The van der Waals surface area contributed by atoms with Crippen molar-refractivity contribution in [2.45, 2.75) is 24.4 Å². The minimum Gasteiger partial charge on any atom is -0.480 e. The van der Waals surface area contributed by atoms with Crippen LogP contribution in [0.5, 0.6) is 5.75 Å². The molecule has 0 fully saturated rings. The topological polar surface area (TPSA) is 133 Å². The van der Waals surface area contributed by atoms with Crippen molar-refractivity contribution >= 4 is 12.0 Å². The van der Waals surface area contributed by atoms with Gasteiger partial charge >= 0.3 is 0 Å². The summed E-state index contributed by atoms with van der Waals surface area (Å²) in [5.41, 5.74) is 5.99. The summed E-state index contributed by atoms with van der Waals surface area (Å²) in [4.78, 5) is 10.9. The first kappa shape index (κ1) is 15.4. The van der Waals surface area contributed by atoms with Gasteiger partial charge < -0.3 is 30.9 Å². The highest BCUT2D eigenvalue weighted by Crippen LogP contribution is 2.16. The number of hydrogen-bond donors (Lipinski definition) is 5. The lowest BCUT2D eigenvalue weighted by molar-refractivity contribution is -0.133. The molecule has 0 amide bonds. The molecule has 6 N–H and O–H groups in total. The number of ether oxygens (including phenoxy) is 1. The summed E-state index contributed by atoms with van der Waals surface area (Å²) in [7, 11) is 0. The summed E-state index contributed by atoms with van der Waals surface area (Å²) in [6.07, 6.45) is -6.01. The molecule has 0 saturated heterocycles. The number of anilines is 1. The van der Waals surface area contributed by atoms with Crippen LogP contribution in [0.4, 0.5) is 5.69 Å². The monoisotopic (exact) mass is 271 g/mol. The van der Waals surface area contributed by atoms with Crippen LogP contribution in [0.25, 0.3) is 0 Å². The molecule has 19 heavy (non-hydrogen) atoms. The third kappa shape index (κ3) is 4.18. The van der Waals surface area contributed by atoms with E-state index in [2.05, 4.69) is 0 Å². The van der Waals surface area contributed by atoms with Crippen LogP contribution >= 0.6 is 0 Å². The minimum atomic E-state index is -1.70. The molecule has 7 heteroatoms. The lowest BCUT2D eigenvalue weighted by Crippen LogP contribution is -2.48. The van der Waals surface area contributed by atoms with Gasteiger partial charge in [0, 0.05) is 5.69 Å². The van der Waals surface area contributed by atoms with Crippen molar-refractivity contribution < 1.29 is 30.0 Å². The Kier molecular flexibility index (Phi) is 5.71. The molecular formula is C12H17NO6. The van der Waals surface area contributed by atoms with Crippen molar-refractivity contribution in [3.63, 3.8) is 0 Å². The Morgan fingerprint density at radius 2 is 1.74 bits per heavy atom. The molecule has 1 aromatic carbocycles. The number of nitrogens with two attached hydrogens (primary N) is 1. The summed E-state index contributed by atoms with van der Waals surface area (Å²) >= 11 is 0. The fourth-order valence-corrected chi connectivity index (χ4v) is 1.41. The maximum Gasteiger partial charge on any atom is 0.182 e. The molecule has 0 heterocycles. The smallest absolute Gasteiger partial charge is 0.182 e. The van der Waals surface area contributed by atoms with E-state index in [9.17, 15) is 20.1 Å². The SMILES string of the molecule is Nc1ccc(O[C@@H](C=O)[C@@H](O)[C@H](O)[C@H](O)CO)cc1. The molecule has 0 unspecified atom stereocenters. The van der Waals surface area contributed by atoms with Gasteiger partial charge in [0.1, 0.15) is 24.1 Å². The molecular weight excluding hydrogens is 254 g/mol. The van der Waals surface area contributed by atoms with E-state index in [1.54, 1.807) is 12.1 Å². The molecule has 1 aromatic rings. The Morgan fingerprint density at radius 1 is 1.16 bits per heavy atom. The van der Waals surface area contributed by atoms with Gasteiger partial charge in [-0.25, -0.2) is 0 Å². The quantitative estimate of drug-likeness (QED) is 0.294. The molecule has 0 saturated carbocycles. The fourth-order valence-electron chi connectivity index (χ4n) is 1.41. The van der Waals surface area contributed by atoms with Gasteiger partial charge in [0.15, 0.2) is 12.4 Å². The Balaban J connectivity index is 2.72. The maximum absolute atomic E-state index is 10.9. The average Bonchev–Trinajstić information content (AvgIpc) is 2.44. The molecule has 4 atom stereocenters. The van der Waals surface area contributed by atoms with E-state index in [0.717, 1.165) is 0 Å². The van der Waals surface area contributed by atoms with Gasteiger partial charge in [-0.3, -0.25) is 4.79 Å². The van der Waals surface area contributed by atoms with Crippen molar-refractivity contribution in [1.82, 2.24) is 0 Å². The Hall–Kier alpha value is -1.67. The van der Waals surface area contributed by atoms with Crippen LogP contribution in [0.2, 0.25) is 0 Å². The number of carbonyl (C=O) groups excluding carboxylic acids is 1. The number of nitrogen functional groups attached to an aromatic ring is 1. The van der Waals surface area contributed by atoms with Crippen LogP contribution in [0.1, 0.15) is 0 Å². The molecule has 7 nitrogen and oxygen atoms in total. The summed E-state index contributed by atoms with van der Waals surface area (Å²) in [5, 5.41) is 37.0. The van der Waals surface area contributed by atoms with Crippen LogP contribution in [0.3, 0.4) is 0 Å². The Bertz CT molecular complexity index is 396. The Labute approximate surface area is 109 Å². The first-order valence-electron chi connectivity index (χ1n) is 5.62. The van der Waals surface area contributed by atoms with Crippen molar-refractivity contribution in [3.05, 3.63) is 24.3 Å². The number of aldehydes is 1. The van der Waals surface area contributed by atoms with Crippen LogP contribution < -0.4 is 10.5 Å². The van der Waals surface area contributed by atoms with Crippen molar-refractivity contribution in [3.8, 4) is 5.75 Å². The zero-order valence-electron chi connectivity index (χ0n) is 10.1. The third-order valence-electron chi connectivity index (χ3n) is 2.55. The van der Waals surface area contributed by atoms with Gasteiger partial charge in [-0.05, 0) is 24.3 Å². The van der Waals surface area contributed by atoms with Crippen LogP contribution in [-0.4, -0.2) is 57.7 Å². The highest BCUT2D eigenvalue weighted by molar-refractivity contribution is 5.58. The lowest BCUT2D eigenvalue weighted by atomic mass is 10.0. The average molecular weight is 271 g/mol. The predicted molar refractivity (Wildman–Crippen MR) is 66.4 cm³/mol. The molecule has 0 aromatic heterocycles. The van der Waals surface area contributed by atoms with Crippen molar-refractivity contribution in [2.24, 2.45) is 0 Å². The standard InChI is InChI=1S/C12H17NO6/c13-7-1-3-8(4-2-7)19-10(6-15)12(18)11(17)9(16)5-14/h1-4,6,9-12,14,16-18H,5,13H2/t9-,10+,11-,12-/m1/s1. The molecule has 0 spiro atoms.